The van der Waals surface area contributed by atoms with Crippen LogP contribution in [0.1, 0.15) is 32.3 Å². The molecule has 2 rings (SSSR count). The third-order valence-electron chi connectivity index (χ3n) is 4.05. The minimum Gasteiger partial charge on any atom is -0.497 e. The Bertz CT molecular complexity index is 496. The second-order valence-electron chi connectivity index (χ2n) is 5.92. The van der Waals surface area contributed by atoms with Gasteiger partial charge >= 0.3 is 0 Å². The molecule has 110 valence electrons. The lowest BCUT2D eigenvalue weighted by molar-refractivity contribution is 0.0930. The normalized spacial score (nSPS) is 24.1. The second kappa shape index (κ2) is 6.77. The SMILES string of the molecule is COc1ccc(Br)c(CC(O)C2CC(C)=CC(C)C2)c1. The average molecular weight is 339 g/mol. The van der Waals surface area contributed by atoms with Crippen LogP contribution in [0.5, 0.6) is 5.75 Å². The molecule has 1 aromatic rings. The van der Waals surface area contributed by atoms with Gasteiger partial charge in [-0.1, -0.05) is 34.5 Å². The van der Waals surface area contributed by atoms with Crippen LogP contribution in [0.2, 0.25) is 0 Å². The predicted octanol–water partition coefficient (Wildman–Crippen LogP) is 4.35. The van der Waals surface area contributed by atoms with Crippen LogP contribution in [0, 0.1) is 11.8 Å². The van der Waals surface area contributed by atoms with E-state index >= 15 is 0 Å². The molecule has 1 aliphatic carbocycles. The zero-order chi connectivity index (χ0) is 14.7. The number of hydrogen-bond donors (Lipinski definition) is 1. The monoisotopic (exact) mass is 338 g/mol. The van der Waals surface area contributed by atoms with Gasteiger partial charge in [0, 0.05) is 4.47 Å². The van der Waals surface area contributed by atoms with E-state index in [1.54, 1.807) is 7.11 Å². The highest BCUT2D eigenvalue weighted by Crippen LogP contribution is 2.32. The number of rotatable bonds is 4. The zero-order valence-corrected chi connectivity index (χ0v) is 14.0. The van der Waals surface area contributed by atoms with E-state index in [4.69, 9.17) is 4.74 Å². The number of aliphatic hydroxyl groups is 1. The van der Waals surface area contributed by atoms with Gasteiger partial charge in [-0.3, -0.25) is 0 Å². The molecular formula is C17H23BrO2. The number of allylic oxidation sites excluding steroid dienone is 2. The third kappa shape index (κ3) is 3.86. The summed E-state index contributed by atoms with van der Waals surface area (Å²) in [5.74, 6) is 1.76. The number of halogens is 1. The summed E-state index contributed by atoms with van der Waals surface area (Å²) >= 11 is 3.56. The molecule has 0 aromatic heterocycles. The Balaban J connectivity index is 2.08. The van der Waals surface area contributed by atoms with E-state index in [0.717, 1.165) is 28.6 Å². The quantitative estimate of drug-likeness (QED) is 0.826. The van der Waals surface area contributed by atoms with Crippen molar-refractivity contribution in [3.63, 3.8) is 0 Å². The molecule has 0 saturated heterocycles. The molecule has 0 aliphatic heterocycles. The fourth-order valence-electron chi connectivity index (χ4n) is 3.12. The fraction of sp³-hybridized carbons (Fsp3) is 0.529. The van der Waals surface area contributed by atoms with Crippen molar-refractivity contribution in [1.82, 2.24) is 0 Å². The first-order chi connectivity index (χ1) is 9.49. The Labute approximate surface area is 130 Å². The van der Waals surface area contributed by atoms with Gasteiger partial charge in [-0.2, -0.15) is 0 Å². The first-order valence-electron chi connectivity index (χ1n) is 7.17. The molecule has 1 N–H and O–H groups in total. The molecule has 3 unspecified atom stereocenters. The minimum atomic E-state index is -0.301. The van der Waals surface area contributed by atoms with Gasteiger partial charge in [0.15, 0.2) is 0 Å². The maximum atomic E-state index is 10.6. The highest BCUT2D eigenvalue weighted by atomic mass is 79.9. The summed E-state index contributed by atoms with van der Waals surface area (Å²) < 4.78 is 6.30. The lowest BCUT2D eigenvalue weighted by Crippen LogP contribution is -2.27. The van der Waals surface area contributed by atoms with Gasteiger partial charge in [0.2, 0.25) is 0 Å². The van der Waals surface area contributed by atoms with E-state index in [1.807, 2.05) is 18.2 Å². The van der Waals surface area contributed by atoms with Crippen molar-refractivity contribution in [2.75, 3.05) is 7.11 Å². The molecule has 20 heavy (non-hydrogen) atoms. The summed E-state index contributed by atoms with van der Waals surface area (Å²) in [6, 6.07) is 5.91. The van der Waals surface area contributed by atoms with Crippen LogP contribution in [0.25, 0.3) is 0 Å². The highest BCUT2D eigenvalue weighted by Gasteiger charge is 2.25. The van der Waals surface area contributed by atoms with E-state index < -0.39 is 0 Å². The molecule has 0 saturated carbocycles. The van der Waals surface area contributed by atoms with E-state index in [9.17, 15) is 5.11 Å². The summed E-state index contributed by atoms with van der Waals surface area (Å²) in [5, 5.41) is 10.6. The van der Waals surface area contributed by atoms with Crippen LogP contribution in [0.3, 0.4) is 0 Å². The van der Waals surface area contributed by atoms with Crippen LogP contribution in [0.4, 0.5) is 0 Å². The van der Waals surface area contributed by atoms with Gasteiger partial charge in [-0.05, 0) is 61.8 Å². The largest absolute Gasteiger partial charge is 0.497 e. The van der Waals surface area contributed by atoms with Crippen LogP contribution in [-0.4, -0.2) is 18.3 Å². The van der Waals surface area contributed by atoms with E-state index in [-0.39, 0.29) is 6.10 Å². The molecule has 0 bridgehead atoms. The zero-order valence-electron chi connectivity index (χ0n) is 12.4. The maximum absolute atomic E-state index is 10.6. The second-order valence-corrected chi connectivity index (χ2v) is 6.77. The molecule has 0 fully saturated rings. The summed E-state index contributed by atoms with van der Waals surface area (Å²) in [5.41, 5.74) is 2.51. The number of ether oxygens (including phenoxy) is 1. The topological polar surface area (TPSA) is 29.5 Å². The number of benzene rings is 1. The standard InChI is InChI=1S/C17H23BrO2/c1-11-6-12(2)8-14(7-11)17(19)10-13-9-15(20-3)4-5-16(13)18/h4-6,9,11,14,17,19H,7-8,10H2,1-3H3. The van der Waals surface area contributed by atoms with Crippen molar-refractivity contribution in [3.05, 3.63) is 39.9 Å². The third-order valence-corrected chi connectivity index (χ3v) is 4.83. The van der Waals surface area contributed by atoms with Crippen LogP contribution in [0.15, 0.2) is 34.3 Å². The van der Waals surface area contributed by atoms with Crippen molar-refractivity contribution in [2.24, 2.45) is 11.8 Å². The van der Waals surface area contributed by atoms with Crippen LogP contribution in [-0.2, 0) is 6.42 Å². The molecule has 1 aliphatic rings. The van der Waals surface area contributed by atoms with Crippen molar-refractivity contribution in [2.45, 2.75) is 39.2 Å². The first kappa shape index (κ1) is 15.6. The number of methoxy groups -OCH3 is 1. The van der Waals surface area contributed by atoms with Gasteiger partial charge in [0.1, 0.15) is 5.75 Å². The lowest BCUT2D eigenvalue weighted by atomic mass is 9.79. The van der Waals surface area contributed by atoms with Crippen molar-refractivity contribution in [1.29, 1.82) is 0 Å². The van der Waals surface area contributed by atoms with Gasteiger partial charge in [-0.15, -0.1) is 0 Å². The summed E-state index contributed by atoms with van der Waals surface area (Å²) in [6.07, 6.45) is 4.77. The van der Waals surface area contributed by atoms with E-state index in [2.05, 4.69) is 35.9 Å². The first-order valence-corrected chi connectivity index (χ1v) is 7.96. The predicted molar refractivity (Wildman–Crippen MR) is 86.0 cm³/mol. The Morgan fingerprint density at radius 1 is 1.45 bits per heavy atom. The maximum Gasteiger partial charge on any atom is 0.119 e. The Morgan fingerprint density at radius 2 is 2.20 bits per heavy atom. The van der Waals surface area contributed by atoms with Crippen molar-refractivity contribution < 1.29 is 9.84 Å². The van der Waals surface area contributed by atoms with Gasteiger partial charge in [-0.25, -0.2) is 0 Å². The summed E-state index contributed by atoms with van der Waals surface area (Å²) in [6.45, 7) is 4.39. The lowest BCUT2D eigenvalue weighted by Gasteiger charge is -2.29. The van der Waals surface area contributed by atoms with Gasteiger partial charge in [0.25, 0.3) is 0 Å². The van der Waals surface area contributed by atoms with Crippen LogP contribution >= 0.6 is 15.9 Å². The molecule has 3 atom stereocenters. The molecular weight excluding hydrogens is 316 g/mol. The fourth-order valence-corrected chi connectivity index (χ4v) is 3.52. The average Bonchev–Trinajstić information content (AvgIpc) is 2.40. The molecule has 0 heterocycles. The smallest absolute Gasteiger partial charge is 0.119 e. The van der Waals surface area contributed by atoms with E-state index in [1.165, 1.54) is 5.57 Å². The molecule has 0 radical (unpaired) electrons. The van der Waals surface area contributed by atoms with Crippen molar-refractivity contribution >= 4 is 15.9 Å². The molecule has 2 nitrogen and oxygen atoms in total. The summed E-state index contributed by atoms with van der Waals surface area (Å²) in [4.78, 5) is 0. The molecule has 3 heteroatoms. The van der Waals surface area contributed by atoms with Crippen molar-refractivity contribution in [3.8, 4) is 5.75 Å². The Kier molecular flexibility index (Phi) is 5.28. The van der Waals surface area contributed by atoms with Gasteiger partial charge < -0.3 is 9.84 Å². The summed E-state index contributed by atoms with van der Waals surface area (Å²) in [7, 11) is 1.67. The van der Waals surface area contributed by atoms with Crippen LogP contribution < -0.4 is 4.74 Å². The van der Waals surface area contributed by atoms with Gasteiger partial charge in [0.05, 0.1) is 13.2 Å². The van der Waals surface area contributed by atoms with E-state index in [0.29, 0.717) is 18.3 Å². The minimum absolute atomic E-state index is 0.301. The Morgan fingerprint density at radius 3 is 2.85 bits per heavy atom. The Hall–Kier alpha value is -0.800. The molecule has 0 spiro atoms. The highest BCUT2D eigenvalue weighted by molar-refractivity contribution is 9.10. The molecule has 1 aromatic carbocycles. The molecule has 0 amide bonds. The number of hydrogen-bond acceptors (Lipinski definition) is 2. The number of aliphatic hydroxyl groups excluding tert-OH is 1.